The molecule has 0 N–H and O–H groups in total. The van der Waals surface area contributed by atoms with E-state index in [0.29, 0.717) is 16.7 Å². The fraction of sp³-hybridized carbons (Fsp3) is 0.0667. The molecule has 34 heavy (non-hydrogen) atoms. The summed E-state index contributed by atoms with van der Waals surface area (Å²) in [5.74, 6) is -0.400. The number of rotatable bonds is 3. The molecule has 3 heterocycles. The summed E-state index contributed by atoms with van der Waals surface area (Å²) in [6.07, 6.45) is 3.30. The quantitative estimate of drug-likeness (QED) is 0.269. The first-order chi connectivity index (χ1) is 16.6. The van der Waals surface area contributed by atoms with Crippen LogP contribution in [-0.4, -0.2) is 4.98 Å². The number of hydrogen-bond acceptors (Lipinski definition) is 2. The lowest BCUT2D eigenvalue weighted by Gasteiger charge is -2.06. The smallest absolute Gasteiger partial charge is 0.216 e. The highest BCUT2D eigenvalue weighted by atomic mass is 19.1. The first-order valence-electron chi connectivity index (χ1n) is 11.2. The third-order valence-corrected chi connectivity index (χ3v) is 6.40. The number of aryl methyl sites for hydroxylation is 2. The van der Waals surface area contributed by atoms with Gasteiger partial charge in [0, 0.05) is 17.5 Å². The summed E-state index contributed by atoms with van der Waals surface area (Å²) >= 11 is 0. The van der Waals surface area contributed by atoms with Crippen molar-refractivity contribution >= 4 is 22.1 Å². The normalized spacial score (nSPS) is 11.4. The van der Waals surface area contributed by atoms with Crippen molar-refractivity contribution in [2.75, 3.05) is 0 Å². The zero-order valence-corrected chi connectivity index (χ0v) is 18.9. The average Bonchev–Trinajstić information content (AvgIpc) is 3.24. The van der Waals surface area contributed by atoms with E-state index in [4.69, 9.17) is 4.42 Å². The molecule has 3 nitrogen and oxygen atoms in total. The molecule has 0 aliphatic rings. The van der Waals surface area contributed by atoms with Crippen LogP contribution in [0.5, 0.6) is 0 Å². The fourth-order valence-corrected chi connectivity index (χ4v) is 4.67. The minimum atomic E-state index is -0.400. The van der Waals surface area contributed by atoms with Gasteiger partial charge in [-0.25, -0.2) is 13.9 Å². The lowest BCUT2D eigenvalue weighted by Crippen LogP contribution is -2.30. The van der Waals surface area contributed by atoms with E-state index in [1.165, 1.54) is 6.20 Å². The monoisotopic (exact) mass is 445 g/mol. The molecule has 0 saturated carbocycles. The molecule has 0 fully saturated rings. The maximum Gasteiger partial charge on any atom is 0.216 e. The van der Waals surface area contributed by atoms with Gasteiger partial charge in [-0.2, -0.15) is 0 Å². The summed E-state index contributed by atoms with van der Waals surface area (Å²) in [7, 11) is 2.01. The van der Waals surface area contributed by atoms with Crippen LogP contribution in [-0.2, 0) is 7.05 Å². The van der Waals surface area contributed by atoms with E-state index in [-0.39, 0.29) is 0 Å². The largest absolute Gasteiger partial charge is 0.453 e. The minimum absolute atomic E-state index is 0.400. The molecule has 0 amide bonds. The van der Waals surface area contributed by atoms with Gasteiger partial charge in [0.05, 0.1) is 17.3 Å². The molecule has 0 atom stereocenters. The third kappa shape index (κ3) is 3.19. The topological polar surface area (TPSA) is 29.9 Å². The molecule has 0 spiro atoms. The van der Waals surface area contributed by atoms with Crippen molar-refractivity contribution in [3.8, 4) is 33.5 Å². The van der Waals surface area contributed by atoms with E-state index in [1.807, 2.05) is 73.9 Å². The maximum absolute atomic E-state index is 15.2. The minimum Gasteiger partial charge on any atom is -0.453 e. The molecule has 0 saturated heterocycles. The number of furan rings is 1. The van der Waals surface area contributed by atoms with Crippen LogP contribution in [0.15, 0.2) is 102 Å². The Hall–Kier alpha value is -4.31. The van der Waals surface area contributed by atoms with Gasteiger partial charge in [0.15, 0.2) is 23.2 Å². The van der Waals surface area contributed by atoms with E-state index < -0.39 is 5.82 Å². The summed E-state index contributed by atoms with van der Waals surface area (Å²) in [6, 6.07) is 28.2. The second-order valence-electron chi connectivity index (χ2n) is 8.54. The molecular weight excluding hydrogens is 423 g/mol. The number of hydrogen-bond donors (Lipinski definition) is 0. The Morgan fingerprint density at radius 3 is 2.21 bits per heavy atom. The molecule has 6 rings (SSSR count). The molecule has 3 aromatic heterocycles. The zero-order chi connectivity index (χ0) is 23.2. The number of nitrogens with zero attached hydrogens (tertiary/aromatic N) is 2. The Kier molecular flexibility index (Phi) is 4.73. The molecule has 0 bridgehead atoms. The van der Waals surface area contributed by atoms with Crippen molar-refractivity contribution in [3.05, 3.63) is 109 Å². The predicted molar refractivity (Wildman–Crippen MR) is 134 cm³/mol. The molecule has 0 unspecified atom stereocenters. The molecule has 0 aliphatic carbocycles. The third-order valence-electron chi connectivity index (χ3n) is 6.40. The number of aromatic nitrogens is 2. The van der Waals surface area contributed by atoms with Crippen LogP contribution in [0.1, 0.15) is 5.56 Å². The Balaban J connectivity index is 1.59. The van der Waals surface area contributed by atoms with E-state index in [9.17, 15) is 0 Å². The SMILES string of the molecule is Cc1ccc2c(oc3c(-c4ccc(-c5ccccc5)cc4)c(F)cnc32)c1-c1cccc[n+]1C. The Bertz CT molecular complexity index is 1670. The van der Waals surface area contributed by atoms with Crippen molar-refractivity contribution in [2.24, 2.45) is 7.05 Å². The summed E-state index contributed by atoms with van der Waals surface area (Å²) in [5, 5.41) is 0.876. The maximum atomic E-state index is 15.2. The van der Waals surface area contributed by atoms with Crippen molar-refractivity contribution < 1.29 is 13.4 Å². The lowest BCUT2D eigenvalue weighted by molar-refractivity contribution is -0.660. The summed E-state index contributed by atoms with van der Waals surface area (Å²) in [6.45, 7) is 2.06. The number of pyridine rings is 2. The van der Waals surface area contributed by atoms with Crippen LogP contribution in [0.25, 0.3) is 55.6 Å². The second-order valence-corrected chi connectivity index (χ2v) is 8.54. The van der Waals surface area contributed by atoms with Crippen molar-refractivity contribution in [1.29, 1.82) is 0 Å². The standard InChI is InChI=1S/C30H22FN2O/c1-19-11-16-23-28-30(34-29(23)26(19)25-10-6-7-17-33(25)2)27(24(31)18-32-28)22-14-12-21(13-15-22)20-8-4-3-5-9-20/h3-18H,1-2H3/q+1. The van der Waals surface area contributed by atoms with Crippen molar-refractivity contribution in [1.82, 2.24) is 4.98 Å². The van der Waals surface area contributed by atoms with Crippen LogP contribution >= 0.6 is 0 Å². The van der Waals surface area contributed by atoms with Gasteiger partial charge < -0.3 is 4.42 Å². The first-order valence-corrected chi connectivity index (χ1v) is 11.2. The van der Waals surface area contributed by atoms with Crippen LogP contribution in [0, 0.1) is 12.7 Å². The first kappa shape index (κ1) is 20.3. The van der Waals surface area contributed by atoms with Gasteiger partial charge in [0.2, 0.25) is 5.69 Å². The fourth-order valence-electron chi connectivity index (χ4n) is 4.67. The van der Waals surface area contributed by atoms with E-state index >= 15 is 4.39 Å². The van der Waals surface area contributed by atoms with Crippen LogP contribution in [0.2, 0.25) is 0 Å². The van der Waals surface area contributed by atoms with Crippen LogP contribution in [0.3, 0.4) is 0 Å². The molecule has 0 aliphatic heterocycles. The molecule has 4 heteroatoms. The summed E-state index contributed by atoms with van der Waals surface area (Å²) < 4.78 is 23.7. The lowest BCUT2D eigenvalue weighted by atomic mass is 9.99. The molecular formula is C30H22FN2O+. The van der Waals surface area contributed by atoms with E-state index in [0.717, 1.165) is 44.5 Å². The Morgan fingerprint density at radius 1 is 0.735 bits per heavy atom. The molecule has 6 aromatic rings. The molecule has 3 aromatic carbocycles. The van der Waals surface area contributed by atoms with Crippen LogP contribution < -0.4 is 4.57 Å². The zero-order valence-electron chi connectivity index (χ0n) is 18.9. The van der Waals surface area contributed by atoms with Crippen molar-refractivity contribution in [3.63, 3.8) is 0 Å². The number of benzene rings is 3. The van der Waals surface area contributed by atoms with Gasteiger partial charge in [-0.05, 0) is 41.3 Å². The van der Waals surface area contributed by atoms with Gasteiger partial charge in [-0.1, -0.05) is 60.7 Å². The van der Waals surface area contributed by atoms with Gasteiger partial charge in [0.25, 0.3) is 0 Å². The van der Waals surface area contributed by atoms with Crippen molar-refractivity contribution in [2.45, 2.75) is 6.92 Å². The van der Waals surface area contributed by atoms with Crippen LogP contribution in [0.4, 0.5) is 4.39 Å². The summed E-state index contributed by atoms with van der Waals surface area (Å²) in [4.78, 5) is 4.43. The highest BCUT2D eigenvalue weighted by Gasteiger charge is 2.23. The average molecular weight is 446 g/mol. The Labute approximate surface area is 196 Å². The number of halogens is 1. The van der Waals surface area contributed by atoms with Gasteiger partial charge in [-0.3, -0.25) is 0 Å². The molecule has 0 radical (unpaired) electrons. The van der Waals surface area contributed by atoms with E-state index in [2.05, 4.69) is 40.7 Å². The summed E-state index contributed by atoms with van der Waals surface area (Å²) in [5.41, 5.74) is 8.34. The highest BCUT2D eigenvalue weighted by Crippen LogP contribution is 2.40. The Morgan fingerprint density at radius 2 is 1.44 bits per heavy atom. The van der Waals surface area contributed by atoms with Gasteiger partial charge in [0.1, 0.15) is 12.6 Å². The highest BCUT2D eigenvalue weighted by molar-refractivity contribution is 6.11. The molecule has 164 valence electrons. The number of fused-ring (bicyclic) bond motifs is 3. The second kappa shape index (κ2) is 7.92. The van der Waals surface area contributed by atoms with Gasteiger partial charge >= 0.3 is 0 Å². The van der Waals surface area contributed by atoms with Gasteiger partial charge in [-0.15, -0.1) is 0 Å². The predicted octanol–water partition coefficient (Wildman–Crippen LogP) is 7.25. The van der Waals surface area contributed by atoms with E-state index in [1.54, 1.807) is 0 Å².